The lowest BCUT2D eigenvalue weighted by Crippen LogP contribution is -2.40. The van der Waals surface area contributed by atoms with Gasteiger partial charge in [0.25, 0.3) is 0 Å². The van der Waals surface area contributed by atoms with E-state index in [1.807, 2.05) is 20.8 Å². The summed E-state index contributed by atoms with van der Waals surface area (Å²) in [6, 6.07) is 1.42. The van der Waals surface area contributed by atoms with Gasteiger partial charge in [-0.25, -0.2) is 4.79 Å². The van der Waals surface area contributed by atoms with E-state index in [2.05, 4.69) is 15.7 Å². The number of nitrogens with zero attached hydrogens (tertiary/aromatic N) is 2. The molecule has 0 aliphatic rings. The van der Waals surface area contributed by atoms with Crippen LogP contribution in [0.5, 0.6) is 0 Å². The van der Waals surface area contributed by atoms with Gasteiger partial charge in [-0.1, -0.05) is 20.8 Å². The Hall–Kier alpha value is -2.05. The fourth-order valence-corrected chi connectivity index (χ4v) is 1.99. The van der Waals surface area contributed by atoms with Gasteiger partial charge in [0.1, 0.15) is 0 Å². The summed E-state index contributed by atoms with van der Waals surface area (Å²) in [5.41, 5.74) is 0.645. The Morgan fingerprint density at radius 1 is 1.38 bits per heavy atom. The normalized spacial score (nSPS) is 12.8. The van der Waals surface area contributed by atoms with Gasteiger partial charge >= 0.3 is 12.0 Å². The first-order chi connectivity index (χ1) is 9.67. The third-order valence-electron chi connectivity index (χ3n) is 2.92. The van der Waals surface area contributed by atoms with Crippen LogP contribution < -0.4 is 10.6 Å². The maximum Gasteiger partial charge on any atom is 0.315 e. The number of rotatable bonds is 6. The molecule has 1 heterocycles. The summed E-state index contributed by atoms with van der Waals surface area (Å²) in [5, 5.41) is 18.6. The molecule has 7 heteroatoms. The Labute approximate surface area is 124 Å². The van der Waals surface area contributed by atoms with E-state index < -0.39 is 11.9 Å². The third-order valence-corrected chi connectivity index (χ3v) is 2.92. The summed E-state index contributed by atoms with van der Waals surface area (Å²) < 4.78 is 1.65. The number of nitrogens with one attached hydrogen (secondary N) is 2. The lowest BCUT2D eigenvalue weighted by Gasteiger charge is -2.23. The first kappa shape index (κ1) is 17.0. The second-order valence-corrected chi connectivity index (χ2v) is 6.34. The number of hydrogen-bond acceptors (Lipinski definition) is 3. The van der Waals surface area contributed by atoms with Gasteiger partial charge in [0.15, 0.2) is 0 Å². The lowest BCUT2D eigenvalue weighted by molar-refractivity contribution is -0.142. The number of carbonyl (C=O) groups is 2. The predicted molar refractivity (Wildman–Crippen MR) is 78.6 cm³/mol. The second-order valence-electron chi connectivity index (χ2n) is 6.34. The Bertz CT molecular complexity index is 491. The molecule has 2 amide bonds. The summed E-state index contributed by atoms with van der Waals surface area (Å²) >= 11 is 0. The van der Waals surface area contributed by atoms with Crippen molar-refractivity contribution in [2.24, 2.45) is 18.4 Å². The van der Waals surface area contributed by atoms with Crippen LogP contribution in [0.15, 0.2) is 12.3 Å². The van der Waals surface area contributed by atoms with Gasteiger partial charge in [0.05, 0.1) is 18.2 Å². The molecule has 0 aromatic carbocycles. The van der Waals surface area contributed by atoms with Gasteiger partial charge in [-0.05, 0) is 17.9 Å². The molecule has 0 saturated heterocycles. The highest BCUT2D eigenvalue weighted by Crippen LogP contribution is 2.24. The van der Waals surface area contributed by atoms with Gasteiger partial charge < -0.3 is 15.7 Å². The van der Waals surface area contributed by atoms with Crippen LogP contribution in [0.4, 0.5) is 4.79 Å². The van der Waals surface area contributed by atoms with Crippen LogP contribution >= 0.6 is 0 Å². The number of hydrogen-bond donors (Lipinski definition) is 3. The number of carboxylic acid groups (broad SMARTS) is 1. The Morgan fingerprint density at radius 2 is 2.05 bits per heavy atom. The lowest BCUT2D eigenvalue weighted by atomic mass is 9.84. The zero-order valence-corrected chi connectivity index (χ0v) is 13.0. The average Bonchev–Trinajstić information content (AvgIpc) is 2.76. The van der Waals surface area contributed by atoms with Crippen molar-refractivity contribution in [3.05, 3.63) is 18.0 Å². The fraction of sp³-hybridized carbons (Fsp3) is 0.643. The molecule has 118 valence electrons. The van der Waals surface area contributed by atoms with Gasteiger partial charge in [-0.15, -0.1) is 0 Å². The minimum Gasteiger partial charge on any atom is -0.481 e. The van der Waals surface area contributed by atoms with Crippen LogP contribution in [0.25, 0.3) is 0 Å². The number of aryl methyl sites for hydroxylation is 1. The molecule has 21 heavy (non-hydrogen) atoms. The molecule has 0 spiro atoms. The van der Waals surface area contributed by atoms with E-state index in [9.17, 15) is 14.7 Å². The SMILES string of the molecule is Cn1ccc(CNC(=O)NCC(CC(C)(C)C)C(=O)O)n1. The highest BCUT2D eigenvalue weighted by Gasteiger charge is 2.24. The maximum atomic E-state index is 11.7. The summed E-state index contributed by atoms with van der Waals surface area (Å²) in [6.07, 6.45) is 2.29. The standard InChI is InChI=1S/C14H24N4O3/c1-14(2,3)7-10(12(19)20)8-15-13(21)16-9-11-5-6-18(4)17-11/h5-6,10H,7-9H2,1-4H3,(H,19,20)(H2,15,16,21). The number of carboxylic acids is 1. The molecule has 1 atom stereocenters. The summed E-state index contributed by atoms with van der Waals surface area (Å²) in [4.78, 5) is 22.9. The van der Waals surface area contributed by atoms with Crippen molar-refractivity contribution >= 4 is 12.0 Å². The van der Waals surface area contributed by atoms with E-state index >= 15 is 0 Å². The number of aromatic nitrogens is 2. The number of amides is 2. The topological polar surface area (TPSA) is 96.2 Å². The van der Waals surface area contributed by atoms with Crippen molar-refractivity contribution in [3.8, 4) is 0 Å². The van der Waals surface area contributed by atoms with Crippen molar-refractivity contribution in [2.45, 2.75) is 33.7 Å². The van der Waals surface area contributed by atoms with Crippen LogP contribution in [-0.4, -0.2) is 33.4 Å². The molecular weight excluding hydrogens is 272 g/mol. The Balaban J connectivity index is 2.37. The quantitative estimate of drug-likeness (QED) is 0.738. The highest BCUT2D eigenvalue weighted by atomic mass is 16.4. The van der Waals surface area contributed by atoms with E-state index in [0.29, 0.717) is 13.0 Å². The van der Waals surface area contributed by atoms with E-state index in [0.717, 1.165) is 5.69 Å². The molecule has 0 saturated carbocycles. The first-order valence-electron chi connectivity index (χ1n) is 6.90. The number of urea groups is 1. The van der Waals surface area contributed by atoms with Gasteiger partial charge in [0, 0.05) is 19.8 Å². The molecule has 7 nitrogen and oxygen atoms in total. The molecule has 3 N–H and O–H groups in total. The highest BCUT2D eigenvalue weighted by molar-refractivity contribution is 5.75. The van der Waals surface area contributed by atoms with Crippen molar-refractivity contribution in [2.75, 3.05) is 6.54 Å². The van der Waals surface area contributed by atoms with E-state index in [4.69, 9.17) is 0 Å². The molecule has 1 aromatic heterocycles. The van der Waals surface area contributed by atoms with Crippen LogP contribution in [0.2, 0.25) is 0 Å². The minimum atomic E-state index is -0.894. The summed E-state index contributed by atoms with van der Waals surface area (Å²) in [6.45, 7) is 6.35. The van der Waals surface area contributed by atoms with E-state index in [1.54, 1.807) is 24.0 Å². The molecule has 1 unspecified atom stereocenters. The third kappa shape index (κ3) is 6.78. The molecule has 1 rings (SSSR count). The van der Waals surface area contributed by atoms with Crippen molar-refractivity contribution in [1.82, 2.24) is 20.4 Å². The molecule has 0 radical (unpaired) electrons. The zero-order chi connectivity index (χ0) is 16.0. The smallest absolute Gasteiger partial charge is 0.315 e. The zero-order valence-electron chi connectivity index (χ0n) is 13.0. The van der Waals surface area contributed by atoms with E-state index in [-0.39, 0.29) is 18.0 Å². The van der Waals surface area contributed by atoms with Crippen LogP contribution in [0.3, 0.4) is 0 Å². The van der Waals surface area contributed by atoms with Crippen molar-refractivity contribution in [3.63, 3.8) is 0 Å². The molecular formula is C14H24N4O3. The van der Waals surface area contributed by atoms with Gasteiger partial charge in [-0.3, -0.25) is 9.48 Å². The number of carbonyl (C=O) groups excluding carboxylic acids is 1. The van der Waals surface area contributed by atoms with Crippen LogP contribution in [0.1, 0.15) is 32.9 Å². The summed E-state index contributed by atoms with van der Waals surface area (Å²) in [5.74, 6) is -1.49. The summed E-state index contributed by atoms with van der Waals surface area (Å²) in [7, 11) is 1.80. The predicted octanol–water partition coefficient (Wildman–Crippen LogP) is 1.36. The molecule has 1 aromatic rings. The molecule has 0 aliphatic heterocycles. The van der Waals surface area contributed by atoms with Gasteiger partial charge in [0.2, 0.25) is 0 Å². The number of aliphatic carboxylic acids is 1. The van der Waals surface area contributed by atoms with Crippen molar-refractivity contribution < 1.29 is 14.7 Å². The Morgan fingerprint density at radius 3 is 2.52 bits per heavy atom. The van der Waals surface area contributed by atoms with Gasteiger partial charge in [-0.2, -0.15) is 5.10 Å². The fourth-order valence-electron chi connectivity index (χ4n) is 1.99. The van der Waals surface area contributed by atoms with Crippen LogP contribution in [0, 0.1) is 11.3 Å². The monoisotopic (exact) mass is 296 g/mol. The first-order valence-corrected chi connectivity index (χ1v) is 6.90. The average molecular weight is 296 g/mol. The Kier molecular flexibility index (Phi) is 5.75. The second kappa shape index (κ2) is 7.10. The van der Waals surface area contributed by atoms with Crippen molar-refractivity contribution in [1.29, 1.82) is 0 Å². The molecule has 0 fully saturated rings. The van der Waals surface area contributed by atoms with E-state index in [1.165, 1.54) is 0 Å². The maximum absolute atomic E-state index is 11.7. The molecule has 0 bridgehead atoms. The largest absolute Gasteiger partial charge is 0.481 e. The molecule has 0 aliphatic carbocycles. The minimum absolute atomic E-state index is 0.102. The van der Waals surface area contributed by atoms with Crippen LogP contribution in [-0.2, 0) is 18.4 Å².